The predicted molar refractivity (Wildman–Crippen MR) is 90.2 cm³/mol. The van der Waals surface area contributed by atoms with Gasteiger partial charge in [-0.05, 0) is 31.2 Å². The lowest BCUT2D eigenvalue weighted by atomic mass is 10.2. The van der Waals surface area contributed by atoms with Gasteiger partial charge in [0.25, 0.3) is 5.91 Å². The van der Waals surface area contributed by atoms with Gasteiger partial charge in [0.2, 0.25) is 10.0 Å². The lowest BCUT2D eigenvalue weighted by molar-refractivity contribution is -0.119. The zero-order chi connectivity index (χ0) is 17.6. The Morgan fingerprint density at radius 1 is 1.17 bits per heavy atom. The maximum absolute atomic E-state index is 12.0. The molecule has 126 valence electrons. The van der Waals surface area contributed by atoms with Crippen LogP contribution in [0.2, 0.25) is 0 Å². The molecule has 2 aromatic carbocycles. The lowest BCUT2D eigenvalue weighted by Gasteiger charge is -2.06. The molecule has 0 spiro atoms. The van der Waals surface area contributed by atoms with Gasteiger partial charge in [-0.2, -0.15) is 5.10 Å². The van der Waals surface area contributed by atoms with E-state index in [-0.39, 0.29) is 10.6 Å². The Morgan fingerprint density at radius 3 is 2.50 bits per heavy atom. The van der Waals surface area contributed by atoms with Gasteiger partial charge in [0, 0.05) is 5.56 Å². The summed E-state index contributed by atoms with van der Waals surface area (Å²) in [6, 6.07) is 12.7. The van der Waals surface area contributed by atoms with E-state index >= 15 is 0 Å². The number of benzene rings is 2. The fourth-order valence-corrected chi connectivity index (χ4v) is 2.75. The number of nitrogens with one attached hydrogen (secondary N) is 2. The number of aromatic hydroxyl groups is 1. The maximum atomic E-state index is 12.0. The minimum Gasteiger partial charge on any atom is -0.507 e. The number of nitrogens with zero attached hydrogens (tertiary/aromatic N) is 1. The van der Waals surface area contributed by atoms with Crippen LogP contribution in [0.15, 0.2) is 58.5 Å². The molecule has 24 heavy (non-hydrogen) atoms. The third-order valence-electron chi connectivity index (χ3n) is 3.08. The zero-order valence-corrected chi connectivity index (χ0v) is 13.7. The predicted octanol–water partition coefficient (Wildman–Crippen LogP) is 1.13. The molecule has 0 bridgehead atoms. The molecule has 0 saturated heterocycles. The van der Waals surface area contributed by atoms with E-state index in [1.54, 1.807) is 30.3 Å². The van der Waals surface area contributed by atoms with Gasteiger partial charge in [0.1, 0.15) is 5.75 Å². The average Bonchev–Trinajstić information content (AvgIpc) is 2.55. The Hall–Kier alpha value is -2.71. The third kappa shape index (κ3) is 4.90. The number of aryl methyl sites for hydroxylation is 1. The van der Waals surface area contributed by atoms with Crippen molar-refractivity contribution in [2.24, 2.45) is 5.10 Å². The van der Waals surface area contributed by atoms with E-state index in [1.165, 1.54) is 24.4 Å². The smallest absolute Gasteiger partial charge is 0.255 e. The largest absolute Gasteiger partial charge is 0.507 e. The first-order valence-corrected chi connectivity index (χ1v) is 8.53. The van der Waals surface area contributed by atoms with Gasteiger partial charge in [-0.3, -0.25) is 4.79 Å². The summed E-state index contributed by atoms with van der Waals surface area (Å²) in [5, 5.41) is 13.2. The molecule has 2 rings (SSSR count). The van der Waals surface area contributed by atoms with Crippen LogP contribution in [-0.4, -0.2) is 32.2 Å². The Kier molecular flexibility index (Phi) is 5.67. The molecule has 1 amide bonds. The summed E-state index contributed by atoms with van der Waals surface area (Å²) in [6.45, 7) is 1.40. The molecule has 0 aromatic heterocycles. The maximum Gasteiger partial charge on any atom is 0.255 e. The molecule has 0 radical (unpaired) electrons. The van der Waals surface area contributed by atoms with Gasteiger partial charge in [-0.1, -0.05) is 29.8 Å². The van der Waals surface area contributed by atoms with Crippen LogP contribution in [0.3, 0.4) is 0 Å². The molecular weight excluding hydrogens is 330 g/mol. The summed E-state index contributed by atoms with van der Waals surface area (Å²) in [6.07, 6.45) is 1.27. The summed E-state index contributed by atoms with van der Waals surface area (Å²) >= 11 is 0. The number of amides is 1. The molecule has 0 unspecified atom stereocenters. The first-order chi connectivity index (χ1) is 11.4. The standard InChI is InChI=1S/C16H17N3O4S/c1-12-6-8-14(9-7-12)24(22,23)18-11-16(21)19-17-10-13-4-2-3-5-15(13)20/h2-10,18,20H,11H2,1H3,(H,19,21)/b17-10-. The Morgan fingerprint density at radius 2 is 1.83 bits per heavy atom. The number of phenolic OH excluding ortho intramolecular Hbond substituents is 1. The van der Waals surface area contributed by atoms with Crippen molar-refractivity contribution in [2.75, 3.05) is 6.54 Å². The van der Waals surface area contributed by atoms with Gasteiger partial charge < -0.3 is 5.11 Å². The summed E-state index contributed by atoms with van der Waals surface area (Å²) < 4.78 is 26.2. The molecule has 7 nitrogen and oxygen atoms in total. The number of phenols is 1. The van der Waals surface area contributed by atoms with Crippen molar-refractivity contribution in [1.82, 2.24) is 10.1 Å². The summed E-state index contributed by atoms with van der Waals surface area (Å²) in [5.74, 6) is -0.604. The van der Waals surface area contributed by atoms with Crippen LogP contribution in [0.4, 0.5) is 0 Å². The van der Waals surface area contributed by atoms with Gasteiger partial charge in [-0.25, -0.2) is 18.6 Å². The van der Waals surface area contributed by atoms with Crippen LogP contribution < -0.4 is 10.1 Å². The molecular formula is C16H17N3O4S. The van der Waals surface area contributed by atoms with E-state index in [4.69, 9.17) is 0 Å². The molecule has 0 saturated carbocycles. The van der Waals surface area contributed by atoms with Crippen LogP contribution in [0.1, 0.15) is 11.1 Å². The Bertz CT molecular complexity index is 846. The highest BCUT2D eigenvalue weighted by molar-refractivity contribution is 7.89. The van der Waals surface area contributed by atoms with E-state index < -0.39 is 22.5 Å². The van der Waals surface area contributed by atoms with Gasteiger partial charge in [0.05, 0.1) is 17.7 Å². The Labute approximate surface area is 140 Å². The topological polar surface area (TPSA) is 108 Å². The number of hydrogen-bond acceptors (Lipinski definition) is 5. The number of para-hydroxylation sites is 1. The van der Waals surface area contributed by atoms with Gasteiger partial charge in [-0.15, -0.1) is 0 Å². The lowest BCUT2D eigenvalue weighted by Crippen LogP contribution is -2.34. The number of hydrogen-bond donors (Lipinski definition) is 3. The van der Waals surface area contributed by atoms with Crippen molar-refractivity contribution in [2.45, 2.75) is 11.8 Å². The molecule has 0 heterocycles. The van der Waals surface area contributed by atoms with Crippen molar-refractivity contribution in [3.8, 4) is 5.75 Å². The van der Waals surface area contributed by atoms with Gasteiger partial charge >= 0.3 is 0 Å². The summed E-state index contributed by atoms with van der Waals surface area (Å²) in [5.41, 5.74) is 3.55. The number of hydrazone groups is 1. The van der Waals surface area contributed by atoms with Crippen LogP contribution in [0.25, 0.3) is 0 Å². The fourth-order valence-electron chi connectivity index (χ4n) is 1.77. The molecule has 8 heteroatoms. The molecule has 0 aliphatic rings. The van der Waals surface area contributed by atoms with E-state index in [1.807, 2.05) is 6.92 Å². The molecule has 3 N–H and O–H groups in total. The second-order valence-corrected chi connectivity index (χ2v) is 6.76. The van der Waals surface area contributed by atoms with Crippen molar-refractivity contribution < 1.29 is 18.3 Å². The summed E-state index contributed by atoms with van der Waals surface area (Å²) in [4.78, 5) is 11.7. The van der Waals surface area contributed by atoms with Crippen molar-refractivity contribution in [1.29, 1.82) is 0 Å². The third-order valence-corrected chi connectivity index (χ3v) is 4.50. The van der Waals surface area contributed by atoms with Gasteiger partial charge in [0.15, 0.2) is 0 Å². The zero-order valence-electron chi connectivity index (χ0n) is 12.9. The highest BCUT2D eigenvalue weighted by Crippen LogP contribution is 2.12. The number of carbonyl (C=O) groups excluding carboxylic acids is 1. The number of rotatable bonds is 6. The van der Waals surface area contributed by atoms with Crippen molar-refractivity contribution in [3.05, 3.63) is 59.7 Å². The number of sulfonamides is 1. The van der Waals surface area contributed by atoms with E-state index in [2.05, 4.69) is 15.2 Å². The minimum atomic E-state index is -3.76. The highest BCUT2D eigenvalue weighted by Gasteiger charge is 2.14. The highest BCUT2D eigenvalue weighted by atomic mass is 32.2. The van der Waals surface area contributed by atoms with E-state index in [9.17, 15) is 18.3 Å². The SMILES string of the molecule is Cc1ccc(S(=O)(=O)NCC(=O)N/N=C\c2ccccc2O)cc1. The normalized spacial score (nSPS) is 11.5. The van der Waals surface area contributed by atoms with Crippen LogP contribution >= 0.6 is 0 Å². The fraction of sp³-hybridized carbons (Fsp3) is 0.125. The van der Waals surface area contributed by atoms with Crippen LogP contribution in [-0.2, 0) is 14.8 Å². The molecule has 0 aliphatic heterocycles. The van der Waals surface area contributed by atoms with E-state index in [0.29, 0.717) is 5.56 Å². The second-order valence-electron chi connectivity index (χ2n) is 4.99. The monoisotopic (exact) mass is 347 g/mol. The van der Waals surface area contributed by atoms with Crippen molar-refractivity contribution in [3.63, 3.8) is 0 Å². The molecule has 2 aromatic rings. The average molecular weight is 347 g/mol. The molecule has 0 atom stereocenters. The first kappa shape index (κ1) is 17.6. The second kappa shape index (κ2) is 7.71. The molecule has 0 aliphatic carbocycles. The van der Waals surface area contributed by atoms with Crippen LogP contribution in [0, 0.1) is 6.92 Å². The van der Waals surface area contributed by atoms with Crippen molar-refractivity contribution >= 4 is 22.1 Å². The quantitative estimate of drug-likeness (QED) is 0.538. The Balaban J connectivity index is 1.89. The molecule has 0 fully saturated rings. The summed E-state index contributed by atoms with van der Waals surface area (Å²) in [7, 11) is -3.76. The van der Waals surface area contributed by atoms with E-state index in [0.717, 1.165) is 5.56 Å². The minimum absolute atomic E-state index is 0.0237. The van der Waals surface area contributed by atoms with Crippen LogP contribution in [0.5, 0.6) is 5.75 Å². The number of carbonyl (C=O) groups is 1. The first-order valence-electron chi connectivity index (χ1n) is 7.05.